The number of hydrogen-bond acceptors (Lipinski definition) is 1. The predicted molar refractivity (Wildman–Crippen MR) is 42.5 cm³/mol. The molecule has 0 saturated carbocycles. The SMILES string of the molecule is C/C=C/N(CC)C(=O)CC. The van der Waals surface area contributed by atoms with Gasteiger partial charge in [0, 0.05) is 19.2 Å². The lowest BCUT2D eigenvalue weighted by atomic mass is 10.4. The number of hydrogen-bond donors (Lipinski definition) is 0. The molecular weight excluding hydrogens is 126 g/mol. The molecule has 10 heavy (non-hydrogen) atoms. The van der Waals surface area contributed by atoms with E-state index in [9.17, 15) is 4.79 Å². The second-order valence-electron chi connectivity index (χ2n) is 2.02. The average molecular weight is 141 g/mol. The summed E-state index contributed by atoms with van der Waals surface area (Å²) in [6, 6.07) is 0. The Labute approximate surface area is 62.5 Å². The second kappa shape index (κ2) is 5.03. The van der Waals surface area contributed by atoms with Crippen molar-refractivity contribution in [3.05, 3.63) is 12.3 Å². The highest BCUT2D eigenvalue weighted by atomic mass is 16.2. The molecule has 0 atom stereocenters. The van der Waals surface area contributed by atoms with Crippen LogP contribution in [0.15, 0.2) is 12.3 Å². The number of allylic oxidation sites excluding steroid dienone is 1. The van der Waals surface area contributed by atoms with E-state index in [2.05, 4.69) is 0 Å². The summed E-state index contributed by atoms with van der Waals surface area (Å²) in [6.07, 6.45) is 4.26. The first kappa shape index (κ1) is 9.21. The van der Waals surface area contributed by atoms with E-state index in [0.29, 0.717) is 6.42 Å². The van der Waals surface area contributed by atoms with Gasteiger partial charge in [0.05, 0.1) is 0 Å². The van der Waals surface area contributed by atoms with Crippen molar-refractivity contribution in [3.8, 4) is 0 Å². The molecule has 0 saturated heterocycles. The molecule has 0 heterocycles. The van der Waals surface area contributed by atoms with Crippen LogP contribution in [0.2, 0.25) is 0 Å². The Morgan fingerprint density at radius 1 is 1.50 bits per heavy atom. The van der Waals surface area contributed by atoms with Gasteiger partial charge in [-0.25, -0.2) is 0 Å². The van der Waals surface area contributed by atoms with E-state index in [1.54, 1.807) is 4.90 Å². The van der Waals surface area contributed by atoms with Crippen LogP contribution in [0.4, 0.5) is 0 Å². The highest BCUT2D eigenvalue weighted by molar-refractivity contribution is 5.76. The number of amides is 1. The molecule has 0 radical (unpaired) electrons. The Morgan fingerprint density at radius 3 is 2.40 bits per heavy atom. The quantitative estimate of drug-likeness (QED) is 0.586. The van der Waals surface area contributed by atoms with Gasteiger partial charge < -0.3 is 4.90 Å². The minimum Gasteiger partial charge on any atom is -0.320 e. The Kier molecular flexibility index (Phi) is 4.63. The van der Waals surface area contributed by atoms with Crippen molar-refractivity contribution in [2.24, 2.45) is 0 Å². The summed E-state index contributed by atoms with van der Waals surface area (Å²) in [5.74, 6) is 0.181. The van der Waals surface area contributed by atoms with Gasteiger partial charge in [-0.2, -0.15) is 0 Å². The molecule has 0 aromatic rings. The molecule has 2 heteroatoms. The minimum absolute atomic E-state index is 0.181. The first-order valence-corrected chi connectivity index (χ1v) is 3.68. The van der Waals surface area contributed by atoms with Crippen LogP contribution in [-0.2, 0) is 4.79 Å². The molecule has 0 N–H and O–H groups in total. The first-order valence-electron chi connectivity index (χ1n) is 3.68. The summed E-state index contributed by atoms with van der Waals surface area (Å²) in [5.41, 5.74) is 0. The van der Waals surface area contributed by atoms with Crippen LogP contribution >= 0.6 is 0 Å². The molecule has 0 aliphatic heterocycles. The van der Waals surface area contributed by atoms with E-state index in [4.69, 9.17) is 0 Å². The van der Waals surface area contributed by atoms with E-state index in [1.807, 2.05) is 33.0 Å². The van der Waals surface area contributed by atoms with Crippen molar-refractivity contribution in [1.29, 1.82) is 0 Å². The summed E-state index contributed by atoms with van der Waals surface area (Å²) in [6.45, 7) is 6.50. The number of rotatable bonds is 3. The first-order chi connectivity index (χ1) is 4.76. The van der Waals surface area contributed by atoms with Gasteiger partial charge in [-0.1, -0.05) is 13.0 Å². The maximum Gasteiger partial charge on any atom is 0.226 e. The van der Waals surface area contributed by atoms with Gasteiger partial charge in [0.2, 0.25) is 5.91 Å². The summed E-state index contributed by atoms with van der Waals surface area (Å²) in [4.78, 5) is 12.7. The predicted octanol–water partition coefficient (Wildman–Crippen LogP) is 1.78. The zero-order valence-corrected chi connectivity index (χ0v) is 6.92. The van der Waals surface area contributed by atoms with Crippen molar-refractivity contribution in [3.63, 3.8) is 0 Å². The minimum atomic E-state index is 0.181. The zero-order valence-electron chi connectivity index (χ0n) is 6.92. The van der Waals surface area contributed by atoms with E-state index >= 15 is 0 Å². The van der Waals surface area contributed by atoms with Gasteiger partial charge in [-0.05, 0) is 13.8 Å². The highest BCUT2D eigenvalue weighted by Crippen LogP contribution is 1.93. The number of carbonyl (C=O) groups is 1. The standard InChI is InChI=1S/C8H15NO/c1-4-7-9(6-3)8(10)5-2/h4,7H,5-6H2,1-3H3/b7-4+. The normalized spacial score (nSPS) is 10.3. The number of nitrogens with zero attached hydrogens (tertiary/aromatic N) is 1. The zero-order chi connectivity index (χ0) is 7.98. The lowest BCUT2D eigenvalue weighted by molar-refractivity contribution is -0.128. The monoisotopic (exact) mass is 141 g/mol. The topological polar surface area (TPSA) is 20.3 Å². The molecule has 1 amide bonds. The molecule has 0 aromatic heterocycles. The van der Waals surface area contributed by atoms with Gasteiger partial charge in [-0.3, -0.25) is 4.79 Å². The van der Waals surface area contributed by atoms with Crippen molar-refractivity contribution < 1.29 is 4.79 Å². The molecule has 0 aromatic carbocycles. The molecule has 0 aliphatic rings. The van der Waals surface area contributed by atoms with Gasteiger partial charge in [0.15, 0.2) is 0 Å². The second-order valence-corrected chi connectivity index (χ2v) is 2.02. The third-order valence-corrected chi connectivity index (χ3v) is 1.29. The maximum atomic E-state index is 11.0. The molecule has 2 nitrogen and oxygen atoms in total. The Balaban J connectivity index is 3.93. The summed E-state index contributed by atoms with van der Waals surface area (Å²) in [5, 5.41) is 0. The third kappa shape index (κ3) is 2.67. The third-order valence-electron chi connectivity index (χ3n) is 1.29. The lowest BCUT2D eigenvalue weighted by Gasteiger charge is -2.13. The van der Waals surface area contributed by atoms with Crippen LogP contribution in [-0.4, -0.2) is 17.4 Å². The molecular formula is C8H15NO. The maximum absolute atomic E-state index is 11.0. The molecule has 0 aliphatic carbocycles. The number of carbonyl (C=O) groups excluding carboxylic acids is 1. The molecule has 0 unspecified atom stereocenters. The summed E-state index contributed by atoms with van der Waals surface area (Å²) < 4.78 is 0. The van der Waals surface area contributed by atoms with Gasteiger partial charge in [0.1, 0.15) is 0 Å². The van der Waals surface area contributed by atoms with Crippen LogP contribution in [0.25, 0.3) is 0 Å². The van der Waals surface area contributed by atoms with Crippen molar-refractivity contribution in [2.75, 3.05) is 6.54 Å². The van der Waals surface area contributed by atoms with Crippen molar-refractivity contribution >= 4 is 5.91 Å². The van der Waals surface area contributed by atoms with Crippen molar-refractivity contribution in [1.82, 2.24) is 4.90 Å². The Hall–Kier alpha value is -0.790. The van der Waals surface area contributed by atoms with Crippen LogP contribution in [0.5, 0.6) is 0 Å². The average Bonchev–Trinajstić information content (AvgIpc) is 1.99. The molecule has 0 spiro atoms. The molecule has 0 rings (SSSR count). The Morgan fingerprint density at radius 2 is 2.10 bits per heavy atom. The molecule has 0 fully saturated rings. The van der Waals surface area contributed by atoms with E-state index in [1.165, 1.54) is 0 Å². The highest BCUT2D eigenvalue weighted by Gasteiger charge is 2.02. The smallest absolute Gasteiger partial charge is 0.226 e. The van der Waals surface area contributed by atoms with Crippen LogP contribution in [0.3, 0.4) is 0 Å². The Bertz CT molecular complexity index is 129. The fraction of sp³-hybridized carbons (Fsp3) is 0.625. The van der Waals surface area contributed by atoms with Crippen LogP contribution < -0.4 is 0 Å². The van der Waals surface area contributed by atoms with E-state index < -0.39 is 0 Å². The molecule has 58 valence electrons. The van der Waals surface area contributed by atoms with Gasteiger partial charge in [0.25, 0.3) is 0 Å². The fourth-order valence-electron chi connectivity index (χ4n) is 0.748. The summed E-state index contributed by atoms with van der Waals surface area (Å²) in [7, 11) is 0. The lowest BCUT2D eigenvalue weighted by Crippen LogP contribution is -2.23. The molecule has 0 bridgehead atoms. The fourth-order valence-corrected chi connectivity index (χ4v) is 0.748. The summed E-state index contributed by atoms with van der Waals surface area (Å²) >= 11 is 0. The van der Waals surface area contributed by atoms with E-state index in [0.717, 1.165) is 6.54 Å². The van der Waals surface area contributed by atoms with Gasteiger partial charge in [-0.15, -0.1) is 0 Å². The van der Waals surface area contributed by atoms with Crippen LogP contribution in [0, 0.1) is 0 Å². The van der Waals surface area contributed by atoms with Crippen LogP contribution in [0.1, 0.15) is 27.2 Å². The van der Waals surface area contributed by atoms with E-state index in [-0.39, 0.29) is 5.91 Å². The largest absolute Gasteiger partial charge is 0.320 e. The van der Waals surface area contributed by atoms with Crippen molar-refractivity contribution in [2.45, 2.75) is 27.2 Å². The van der Waals surface area contributed by atoms with Gasteiger partial charge >= 0.3 is 0 Å².